The van der Waals surface area contributed by atoms with Crippen LogP contribution in [0.4, 0.5) is 10.5 Å². The number of nitrogens with one attached hydrogen (secondary N) is 1. The number of carbonyl (C=O) groups is 1. The quantitative estimate of drug-likeness (QED) is 0.881. The minimum absolute atomic E-state index is 0.136. The Bertz CT molecular complexity index is 784. The molecule has 0 radical (unpaired) electrons. The Morgan fingerprint density at radius 1 is 1.27 bits per heavy atom. The third-order valence-electron chi connectivity index (χ3n) is 4.97. The first-order valence-electron chi connectivity index (χ1n) is 8.61. The summed E-state index contributed by atoms with van der Waals surface area (Å²) >= 11 is 0. The van der Waals surface area contributed by atoms with Crippen molar-refractivity contribution in [3.05, 3.63) is 30.9 Å². The van der Waals surface area contributed by atoms with Gasteiger partial charge in [0.2, 0.25) is 0 Å². The number of carbonyl (C=O) groups excluding carboxylic acids is 1. The molecule has 3 rings (SSSR count). The highest BCUT2D eigenvalue weighted by molar-refractivity contribution is 7.86. The number of nitrogens with zero attached hydrogens (tertiary/aromatic N) is 5. The zero-order chi connectivity index (χ0) is 18.7. The minimum Gasteiger partial charge on any atom is -0.325 e. The van der Waals surface area contributed by atoms with Crippen molar-refractivity contribution in [3.63, 3.8) is 0 Å². The Hall–Kier alpha value is -2.29. The van der Waals surface area contributed by atoms with Gasteiger partial charge in [-0.25, -0.2) is 4.79 Å². The van der Waals surface area contributed by atoms with E-state index >= 15 is 0 Å². The van der Waals surface area contributed by atoms with Crippen molar-refractivity contribution in [1.82, 2.24) is 24.9 Å². The van der Waals surface area contributed by atoms with Crippen LogP contribution in [0, 0.1) is 5.92 Å². The number of aromatic nitrogens is 4. The van der Waals surface area contributed by atoms with E-state index in [0.29, 0.717) is 18.8 Å². The molecule has 26 heavy (non-hydrogen) atoms. The molecule has 1 atom stereocenters. The molecule has 0 aliphatic carbocycles. The van der Waals surface area contributed by atoms with Gasteiger partial charge < -0.3 is 10.2 Å². The van der Waals surface area contributed by atoms with Crippen molar-refractivity contribution >= 4 is 22.5 Å². The van der Waals surface area contributed by atoms with Crippen LogP contribution in [0.3, 0.4) is 0 Å². The van der Waals surface area contributed by atoms with Crippen molar-refractivity contribution in [2.45, 2.75) is 36.3 Å². The maximum atomic E-state index is 13.0. The zero-order valence-corrected chi connectivity index (χ0v) is 16.1. The van der Waals surface area contributed by atoms with Crippen molar-refractivity contribution in [3.8, 4) is 0 Å². The molecule has 0 saturated carbocycles. The molecule has 1 fully saturated rings. The van der Waals surface area contributed by atoms with Crippen LogP contribution in [0.2, 0.25) is 0 Å². The Balaban J connectivity index is 1.58. The summed E-state index contributed by atoms with van der Waals surface area (Å²) in [7, 11) is 0.681. The lowest BCUT2D eigenvalue weighted by Gasteiger charge is -2.39. The third kappa shape index (κ3) is 3.92. The molecule has 1 aliphatic heterocycles. The number of amides is 2. The highest BCUT2D eigenvalue weighted by Gasteiger charge is 2.39. The van der Waals surface area contributed by atoms with Gasteiger partial charge in [-0.3, -0.25) is 8.89 Å². The summed E-state index contributed by atoms with van der Waals surface area (Å²) < 4.78 is 14.3. The number of hydrogen-bond donors (Lipinski definition) is 1. The van der Waals surface area contributed by atoms with Gasteiger partial charge in [0.25, 0.3) is 0 Å². The maximum absolute atomic E-state index is 13.0. The van der Waals surface area contributed by atoms with Crippen LogP contribution in [0.25, 0.3) is 0 Å². The van der Waals surface area contributed by atoms with Gasteiger partial charge in [0.15, 0.2) is 0 Å². The van der Waals surface area contributed by atoms with Gasteiger partial charge in [-0.2, -0.15) is 15.3 Å². The van der Waals surface area contributed by atoms with Crippen molar-refractivity contribution < 1.29 is 9.00 Å². The first kappa shape index (κ1) is 18.5. The van der Waals surface area contributed by atoms with Crippen LogP contribution in [-0.2, 0) is 17.8 Å². The molecule has 0 aromatic carbocycles. The fraction of sp³-hybridized carbons (Fsp3) is 0.529. The molecule has 2 aromatic heterocycles. The molecule has 1 N–H and O–H groups in total. The van der Waals surface area contributed by atoms with E-state index in [1.54, 1.807) is 21.8 Å². The van der Waals surface area contributed by atoms with E-state index < -0.39 is 10.8 Å². The standard InChI is InChI=1S/C17H24N6O2S/c1-17(2,26(25)15-11-20-22(3)12-15)13-5-8-23(9-6-13)16(24)21-14-4-7-18-19-10-14/h4,7,10-13H,5-6,8-9H2,1-3H3,(H,18,21,24). The highest BCUT2D eigenvalue weighted by Crippen LogP contribution is 2.35. The summed E-state index contributed by atoms with van der Waals surface area (Å²) in [6, 6.07) is 1.57. The Kier molecular flexibility index (Phi) is 5.36. The number of anilines is 1. The molecule has 140 valence electrons. The average molecular weight is 376 g/mol. The van der Waals surface area contributed by atoms with Gasteiger partial charge in [-0.15, -0.1) is 0 Å². The summed E-state index contributed by atoms with van der Waals surface area (Å²) in [5.74, 6) is 0.273. The van der Waals surface area contributed by atoms with Gasteiger partial charge in [-0.05, 0) is 38.7 Å². The zero-order valence-electron chi connectivity index (χ0n) is 15.3. The summed E-state index contributed by atoms with van der Waals surface area (Å²) in [6.07, 6.45) is 8.18. The second kappa shape index (κ2) is 7.53. The molecule has 1 unspecified atom stereocenters. The van der Waals surface area contributed by atoms with Crippen molar-refractivity contribution in [1.29, 1.82) is 0 Å². The van der Waals surface area contributed by atoms with Crippen molar-refractivity contribution in [2.24, 2.45) is 13.0 Å². The first-order chi connectivity index (χ1) is 12.4. The summed E-state index contributed by atoms with van der Waals surface area (Å²) in [5.41, 5.74) is 0.630. The largest absolute Gasteiger partial charge is 0.325 e. The van der Waals surface area contributed by atoms with Crippen LogP contribution >= 0.6 is 0 Å². The first-order valence-corrected chi connectivity index (χ1v) is 9.76. The summed E-state index contributed by atoms with van der Waals surface area (Å²) in [4.78, 5) is 14.9. The van der Waals surface area contributed by atoms with Crippen molar-refractivity contribution in [2.75, 3.05) is 18.4 Å². The van der Waals surface area contributed by atoms with Gasteiger partial charge in [0, 0.05) is 31.1 Å². The van der Waals surface area contributed by atoms with Gasteiger partial charge >= 0.3 is 6.03 Å². The third-order valence-corrected chi connectivity index (χ3v) is 6.90. The fourth-order valence-corrected chi connectivity index (χ4v) is 4.83. The Morgan fingerprint density at radius 3 is 2.58 bits per heavy atom. The second-order valence-corrected chi connectivity index (χ2v) is 9.11. The second-order valence-electron chi connectivity index (χ2n) is 7.04. The van der Waals surface area contributed by atoms with E-state index in [2.05, 4.69) is 20.6 Å². The molecule has 2 amide bonds. The number of hydrogen-bond acceptors (Lipinski definition) is 5. The monoisotopic (exact) mass is 376 g/mol. The van der Waals surface area contributed by atoms with Gasteiger partial charge in [0.05, 0.1) is 40.0 Å². The van der Waals surface area contributed by atoms with E-state index in [-0.39, 0.29) is 16.7 Å². The Labute approximate surface area is 155 Å². The van der Waals surface area contributed by atoms with Crippen LogP contribution in [-0.4, -0.2) is 53.0 Å². The van der Waals surface area contributed by atoms with Crippen LogP contribution in [0.15, 0.2) is 35.7 Å². The Morgan fingerprint density at radius 2 is 2.00 bits per heavy atom. The molecule has 1 aliphatic rings. The van der Waals surface area contributed by atoms with Crippen LogP contribution in [0.5, 0.6) is 0 Å². The SMILES string of the molecule is Cn1cc(S(=O)C(C)(C)C2CCN(C(=O)Nc3ccnnc3)CC2)cn1. The van der Waals surface area contributed by atoms with E-state index in [1.165, 1.54) is 12.4 Å². The number of rotatable bonds is 4. The van der Waals surface area contributed by atoms with Crippen LogP contribution in [0.1, 0.15) is 26.7 Å². The molecule has 0 bridgehead atoms. The van der Waals surface area contributed by atoms with Gasteiger partial charge in [0.1, 0.15) is 0 Å². The van der Waals surface area contributed by atoms with Crippen LogP contribution < -0.4 is 5.32 Å². The molecule has 9 heteroatoms. The average Bonchev–Trinajstić information content (AvgIpc) is 3.08. The maximum Gasteiger partial charge on any atom is 0.321 e. The molecule has 3 heterocycles. The lowest BCUT2D eigenvalue weighted by molar-refractivity contribution is 0.172. The van der Waals surface area contributed by atoms with E-state index in [0.717, 1.165) is 17.7 Å². The van der Waals surface area contributed by atoms with E-state index in [4.69, 9.17) is 0 Å². The van der Waals surface area contributed by atoms with E-state index in [1.807, 2.05) is 27.1 Å². The summed E-state index contributed by atoms with van der Waals surface area (Å²) in [6.45, 7) is 5.36. The lowest BCUT2D eigenvalue weighted by atomic mass is 9.86. The van der Waals surface area contributed by atoms with E-state index in [9.17, 15) is 9.00 Å². The number of aryl methyl sites for hydroxylation is 1. The normalized spacial score (nSPS) is 17.1. The number of piperidine rings is 1. The summed E-state index contributed by atoms with van der Waals surface area (Å²) in [5, 5.41) is 14.4. The predicted molar refractivity (Wildman–Crippen MR) is 99.0 cm³/mol. The fourth-order valence-electron chi connectivity index (χ4n) is 3.29. The number of urea groups is 1. The minimum atomic E-state index is -1.14. The molecular formula is C17H24N6O2S. The molecular weight excluding hydrogens is 352 g/mol. The predicted octanol–water partition coefficient (Wildman–Crippen LogP) is 2.04. The number of likely N-dealkylation sites (tertiary alicyclic amines) is 1. The molecule has 8 nitrogen and oxygen atoms in total. The highest BCUT2D eigenvalue weighted by atomic mass is 32.2. The smallest absolute Gasteiger partial charge is 0.321 e. The van der Waals surface area contributed by atoms with Gasteiger partial charge in [-0.1, -0.05) is 0 Å². The topological polar surface area (TPSA) is 93.0 Å². The molecule has 0 spiro atoms. The molecule has 1 saturated heterocycles. The molecule has 2 aromatic rings. The lowest BCUT2D eigenvalue weighted by Crippen LogP contribution is -2.47.